The predicted molar refractivity (Wildman–Crippen MR) is 74.9 cm³/mol. The van der Waals surface area contributed by atoms with Gasteiger partial charge >= 0.3 is 0 Å². The number of hydrogen-bond donors (Lipinski definition) is 0. The molecule has 0 N–H and O–H groups in total. The maximum Gasteiger partial charge on any atom is 0.184 e. The van der Waals surface area contributed by atoms with Gasteiger partial charge in [0.05, 0.1) is 5.60 Å². The molecule has 0 aromatic heterocycles. The van der Waals surface area contributed by atoms with Crippen LogP contribution in [0.5, 0.6) is 0 Å². The van der Waals surface area contributed by atoms with Gasteiger partial charge in [-0.3, -0.25) is 0 Å². The summed E-state index contributed by atoms with van der Waals surface area (Å²) < 4.78 is 6.18. The molecule has 0 heterocycles. The summed E-state index contributed by atoms with van der Waals surface area (Å²) >= 11 is 0. The van der Waals surface area contributed by atoms with Crippen molar-refractivity contribution < 1.29 is 4.43 Å². The lowest BCUT2D eigenvalue weighted by molar-refractivity contribution is 0.0572. The van der Waals surface area contributed by atoms with Crippen LogP contribution >= 0.6 is 0 Å². The van der Waals surface area contributed by atoms with Crippen molar-refractivity contribution in [3.8, 4) is 12.3 Å². The quantitative estimate of drug-likeness (QED) is 0.382. The average Bonchev–Trinajstić information content (AvgIpc) is 1.98. The minimum Gasteiger partial charge on any atom is -0.411 e. The lowest BCUT2D eigenvalue weighted by Crippen LogP contribution is -2.43. The zero-order chi connectivity index (χ0) is 13.0. The summed E-state index contributed by atoms with van der Waals surface area (Å²) in [6.07, 6.45) is 7.56. The minimum atomic E-state index is -1.55. The molecule has 2 heteroatoms. The topological polar surface area (TPSA) is 9.23 Å². The van der Waals surface area contributed by atoms with E-state index in [9.17, 15) is 0 Å². The first kappa shape index (κ1) is 15.5. The van der Waals surface area contributed by atoms with Crippen LogP contribution in [0.2, 0.25) is 19.6 Å². The molecule has 0 spiro atoms. The van der Waals surface area contributed by atoms with Crippen molar-refractivity contribution in [2.45, 2.75) is 58.9 Å². The Morgan fingerprint density at radius 2 is 1.94 bits per heavy atom. The largest absolute Gasteiger partial charge is 0.411 e. The third-order valence-corrected chi connectivity index (χ3v) is 3.61. The van der Waals surface area contributed by atoms with Gasteiger partial charge in [0.15, 0.2) is 8.32 Å². The number of rotatable bonds is 6. The van der Waals surface area contributed by atoms with E-state index in [0.717, 1.165) is 12.8 Å². The van der Waals surface area contributed by atoms with Gasteiger partial charge in [-0.15, -0.1) is 18.9 Å². The van der Waals surface area contributed by atoms with Gasteiger partial charge in [0, 0.05) is 5.92 Å². The Bertz CT molecular complexity index is 278. The maximum absolute atomic E-state index is 6.18. The highest BCUT2D eigenvalue weighted by atomic mass is 28.4. The molecule has 0 bridgehead atoms. The van der Waals surface area contributed by atoms with Crippen LogP contribution in [-0.4, -0.2) is 13.9 Å². The summed E-state index contributed by atoms with van der Waals surface area (Å²) in [6, 6.07) is 0. The monoisotopic (exact) mass is 238 g/mol. The highest BCUT2D eigenvalue weighted by Gasteiger charge is 2.33. The zero-order valence-corrected chi connectivity index (χ0v) is 12.7. The Morgan fingerprint density at radius 1 is 1.44 bits per heavy atom. The second-order valence-electron chi connectivity index (χ2n) is 6.03. The zero-order valence-electron chi connectivity index (χ0n) is 11.7. The third kappa shape index (κ3) is 6.15. The van der Waals surface area contributed by atoms with Gasteiger partial charge in [0.2, 0.25) is 0 Å². The normalized spacial score (nSPS) is 14.3. The van der Waals surface area contributed by atoms with Crippen molar-refractivity contribution >= 4 is 8.32 Å². The van der Waals surface area contributed by atoms with E-state index in [-0.39, 0.29) is 11.5 Å². The molecule has 0 aliphatic rings. The minimum absolute atomic E-state index is 0.163. The Balaban J connectivity index is 4.56. The van der Waals surface area contributed by atoms with Crippen LogP contribution in [-0.2, 0) is 4.43 Å². The molecule has 0 radical (unpaired) electrons. The van der Waals surface area contributed by atoms with E-state index in [1.807, 2.05) is 6.92 Å². The summed E-state index contributed by atoms with van der Waals surface area (Å²) in [7, 11) is -1.55. The van der Waals surface area contributed by atoms with Gasteiger partial charge in [-0.05, 0) is 53.3 Å². The van der Waals surface area contributed by atoms with E-state index in [1.54, 1.807) is 0 Å². The number of hydrogen-bond acceptors (Lipinski definition) is 1. The van der Waals surface area contributed by atoms with Crippen LogP contribution < -0.4 is 0 Å². The van der Waals surface area contributed by atoms with Crippen molar-refractivity contribution in [3.63, 3.8) is 0 Å². The molecule has 16 heavy (non-hydrogen) atoms. The fourth-order valence-corrected chi connectivity index (χ4v) is 3.60. The van der Waals surface area contributed by atoms with Crippen molar-refractivity contribution in [2.75, 3.05) is 0 Å². The summed E-state index contributed by atoms with van der Waals surface area (Å²) in [6.45, 7) is 16.8. The van der Waals surface area contributed by atoms with Crippen LogP contribution in [0.25, 0.3) is 0 Å². The number of allylic oxidation sites excluding steroid dienone is 1. The van der Waals surface area contributed by atoms with Crippen LogP contribution in [0.3, 0.4) is 0 Å². The van der Waals surface area contributed by atoms with Crippen molar-refractivity contribution in [1.29, 1.82) is 0 Å². The van der Waals surface area contributed by atoms with Crippen LogP contribution in [0.15, 0.2) is 12.2 Å². The maximum atomic E-state index is 6.18. The lowest BCUT2D eigenvalue weighted by atomic mass is 9.87. The number of terminal acetylenes is 1. The Morgan fingerprint density at radius 3 is 2.25 bits per heavy atom. The van der Waals surface area contributed by atoms with Gasteiger partial charge in [0.1, 0.15) is 0 Å². The van der Waals surface area contributed by atoms with E-state index in [1.165, 1.54) is 5.57 Å². The highest BCUT2D eigenvalue weighted by molar-refractivity contribution is 6.69. The van der Waals surface area contributed by atoms with Gasteiger partial charge in [-0.25, -0.2) is 0 Å². The molecule has 0 saturated carbocycles. The fraction of sp³-hybridized carbons (Fsp3) is 0.714. The first-order valence-electron chi connectivity index (χ1n) is 5.89. The molecule has 1 nitrogen and oxygen atoms in total. The Kier molecular flexibility index (Phi) is 5.51. The molecule has 0 aliphatic carbocycles. The average molecular weight is 238 g/mol. The van der Waals surface area contributed by atoms with Gasteiger partial charge in [-0.1, -0.05) is 5.57 Å². The van der Waals surface area contributed by atoms with Crippen molar-refractivity contribution in [2.24, 2.45) is 5.92 Å². The van der Waals surface area contributed by atoms with E-state index in [2.05, 4.69) is 46.0 Å². The van der Waals surface area contributed by atoms with Gasteiger partial charge < -0.3 is 4.43 Å². The summed E-state index contributed by atoms with van der Waals surface area (Å²) in [5, 5.41) is 0. The standard InChI is InChI=1S/C14H26OSi/c1-9-13(11-10-12(2)3)14(4,5)15-16(6,7)8/h1,13H,2,10-11H2,3-8H3. The molecule has 0 saturated heterocycles. The van der Waals surface area contributed by atoms with E-state index < -0.39 is 8.32 Å². The molecule has 0 aliphatic heterocycles. The SMILES string of the molecule is C#CC(CCC(=C)C)C(C)(C)O[Si](C)(C)C. The summed E-state index contributed by atoms with van der Waals surface area (Å²) in [4.78, 5) is 0. The van der Waals surface area contributed by atoms with Crippen LogP contribution in [0.4, 0.5) is 0 Å². The third-order valence-electron chi connectivity index (χ3n) is 2.47. The molecule has 0 rings (SSSR count). The van der Waals surface area contributed by atoms with E-state index in [4.69, 9.17) is 10.8 Å². The highest BCUT2D eigenvalue weighted by Crippen LogP contribution is 2.29. The first-order chi connectivity index (χ1) is 7.08. The smallest absolute Gasteiger partial charge is 0.184 e. The van der Waals surface area contributed by atoms with Gasteiger partial charge in [-0.2, -0.15) is 0 Å². The summed E-state index contributed by atoms with van der Waals surface area (Å²) in [5.74, 6) is 3.04. The molecule has 92 valence electrons. The van der Waals surface area contributed by atoms with E-state index >= 15 is 0 Å². The Hall–Kier alpha value is -0.523. The molecular weight excluding hydrogens is 212 g/mol. The molecule has 0 aromatic rings. The Labute approximate surface area is 102 Å². The molecule has 0 amide bonds. The van der Waals surface area contributed by atoms with Crippen LogP contribution in [0.1, 0.15) is 33.6 Å². The predicted octanol–water partition coefficient (Wildman–Crippen LogP) is 4.22. The molecule has 0 aromatic carbocycles. The van der Waals surface area contributed by atoms with Crippen LogP contribution in [0, 0.1) is 18.3 Å². The molecule has 0 fully saturated rings. The van der Waals surface area contributed by atoms with Crippen molar-refractivity contribution in [3.05, 3.63) is 12.2 Å². The molecule has 1 unspecified atom stereocenters. The van der Waals surface area contributed by atoms with Crippen molar-refractivity contribution in [1.82, 2.24) is 0 Å². The lowest BCUT2D eigenvalue weighted by Gasteiger charge is -2.37. The second-order valence-corrected chi connectivity index (χ2v) is 10.5. The van der Waals surface area contributed by atoms with E-state index in [0.29, 0.717) is 0 Å². The first-order valence-corrected chi connectivity index (χ1v) is 9.30. The fourth-order valence-electron chi connectivity index (χ4n) is 1.88. The summed E-state index contributed by atoms with van der Waals surface area (Å²) in [5.41, 5.74) is 0.957. The van der Waals surface area contributed by atoms with Gasteiger partial charge in [0.25, 0.3) is 0 Å². The second kappa shape index (κ2) is 5.70. The molecular formula is C14H26OSi. The molecule has 1 atom stereocenters.